The number of rotatable bonds is 4. The third-order valence-electron chi connectivity index (χ3n) is 4.01. The molecule has 2 rings (SSSR count). The monoisotopic (exact) mass is 285 g/mol. The van der Waals surface area contributed by atoms with Gasteiger partial charge < -0.3 is 10.4 Å². The van der Waals surface area contributed by atoms with E-state index in [2.05, 4.69) is 12.2 Å². The Balaban J connectivity index is 1.85. The average Bonchev–Trinajstić information content (AvgIpc) is 2.39. The molecule has 0 heterocycles. The minimum atomic E-state index is -0.619. The summed E-state index contributed by atoms with van der Waals surface area (Å²) in [6.07, 6.45) is 3.80. The Labute approximate surface area is 119 Å². The summed E-state index contributed by atoms with van der Waals surface area (Å²) in [7, 11) is 0. The molecular weight excluding hydrogens is 265 g/mol. The van der Waals surface area contributed by atoms with Gasteiger partial charge in [0.25, 0.3) is 0 Å². The molecule has 0 atom stereocenters. The summed E-state index contributed by atoms with van der Waals surface area (Å²) in [5.41, 5.74) is 0.112. The minimum absolute atomic E-state index is 0.166. The topological polar surface area (TPSA) is 32.3 Å². The van der Waals surface area contributed by atoms with E-state index in [1.165, 1.54) is 6.07 Å². The highest BCUT2D eigenvalue weighted by atomic mass is 35.5. The van der Waals surface area contributed by atoms with Crippen LogP contribution in [0.2, 0.25) is 5.02 Å². The van der Waals surface area contributed by atoms with E-state index in [0.717, 1.165) is 31.2 Å². The number of nitrogens with one attached hydrogen (secondary N) is 1. The predicted octanol–water partition coefficient (Wildman–Crippen LogP) is 3.51. The van der Waals surface area contributed by atoms with Crippen molar-refractivity contribution in [3.05, 3.63) is 34.6 Å². The Morgan fingerprint density at radius 1 is 1.42 bits per heavy atom. The maximum Gasteiger partial charge on any atom is 0.142 e. The van der Waals surface area contributed by atoms with Crippen molar-refractivity contribution in [1.82, 2.24) is 5.32 Å². The highest BCUT2D eigenvalue weighted by Gasteiger charge is 2.31. The molecule has 1 aliphatic carbocycles. The van der Waals surface area contributed by atoms with Gasteiger partial charge in [-0.2, -0.15) is 0 Å². The van der Waals surface area contributed by atoms with Crippen LogP contribution in [-0.4, -0.2) is 17.3 Å². The van der Waals surface area contributed by atoms with E-state index in [1.807, 2.05) is 0 Å². The van der Waals surface area contributed by atoms with Crippen LogP contribution in [0.15, 0.2) is 18.2 Å². The fourth-order valence-corrected chi connectivity index (χ4v) is 2.78. The van der Waals surface area contributed by atoms with E-state index < -0.39 is 11.4 Å². The van der Waals surface area contributed by atoms with Crippen molar-refractivity contribution < 1.29 is 9.50 Å². The molecule has 0 unspecified atom stereocenters. The van der Waals surface area contributed by atoms with Crippen molar-refractivity contribution in [1.29, 1.82) is 0 Å². The molecule has 4 heteroatoms. The van der Waals surface area contributed by atoms with Crippen LogP contribution in [0, 0.1) is 11.7 Å². The molecule has 19 heavy (non-hydrogen) atoms. The van der Waals surface area contributed by atoms with Gasteiger partial charge in [-0.1, -0.05) is 30.7 Å². The van der Waals surface area contributed by atoms with Gasteiger partial charge in [0.2, 0.25) is 0 Å². The van der Waals surface area contributed by atoms with E-state index in [4.69, 9.17) is 11.6 Å². The van der Waals surface area contributed by atoms with Crippen LogP contribution in [0.25, 0.3) is 0 Å². The lowest BCUT2D eigenvalue weighted by Crippen LogP contribution is -2.43. The van der Waals surface area contributed by atoms with Gasteiger partial charge in [-0.15, -0.1) is 0 Å². The van der Waals surface area contributed by atoms with E-state index in [9.17, 15) is 9.50 Å². The Morgan fingerprint density at radius 2 is 2.11 bits per heavy atom. The Hall–Kier alpha value is -0.640. The van der Waals surface area contributed by atoms with E-state index in [1.54, 1.807) is 12.1 Å². The Bertz CT molecular complexity index is 430. The molecule has 0 aromatic heterocycles. The van der Waals surface area contributed by atoms with Crippen LogP contribution >= 0.6 is 11.6 Å². The second kappa shape index (κ2) is 6.21. The minimum Gasteiger partial charge on any atom is -0.389 e. The lowest BCUT2D eigenvalue weighted by atomic mass is 9.79. The van der Waals surface area contributed by atoms with Crippen LogP contribution in [-0.2, 0) is 6.54 Å². The number of hydrogen-bond acceptors (Lipinski definition) is 2. The van der Waals surface area contributed by atoms with Crippen molar-refractivity contribution in [3.63, 3.8) is 0 Å². The molecule has 1 aromatic rings. The zero-order valence-corrected chi connectivity index (χ0v) is 12.0. The van der Waals surface area contributed by atoms with Crippen molar-refractivity contribution >= 4 is 11.6 Å². The summed E-state index contributed by atoms with van der Waals surface area (Å²) in [6.45, 7) is 3.24. The maximum atomic E-state index is 13.3. The third-order valence-corrected chi connectivity index (χ3v) is 4.43. The summed E-state index contributed by atoms with van der Waals surface area (Å²) in [4.78, 5) is 0. The number of hydrogen-bond donors (Lipinski definition) is 2. The van der Waals surface area contributed by atoms with Crippen LogP contribution in [0.1, 0.15) is 38.2 Å². The molecule has 0 aliphatic heterocycles. The van der Waals surface area contributed by atoms with Gasteiger partial charge in [-0.3, -0.25) is 0 Å². The second-order valence-electron chi connectivity index (χ2n) is 5.72. The number of aliphatic hydroxyl groups is 1. The molecule has 1 fully saturated rings. The molecule has 1 aromatic carbocycles. The Morgan fingerprint density at radius 3 is 2.79 bits per heavy atom. The summed E-state index contributed by atoms with van der Waals surface area (Å²) in [5.74, 6) is 0.309. The van der Waals surface area contributed by atoms with E-state index >= 15 is 0 Å². The van der Waals surface area contributed by atoms with Crippen LogP contribution in [0.3, 0.4) is 0 Å². The first-order chi connectivity index (χ1) is 9.00. The zero-order chi connectivity index (χ0) is 13.9. The molecule has 1 saturated carbocycles. The molecule has 0 spiro atoms. The van der Waals surface area contributed by atoms with Crippen molar-refractivity contribution in [2.75, 3.05) is 6.54 Å². The molecule has 0 radical (unpaired) electrons. The largest absolute Gasteiger partial charge is 0.389 e. The predicted molar refractivity (Wildman–Crippen MR) is 75.7 cm³/mol. The van der Waals surface area contributed by atoms with Gasteiger partial charge in [-0.05, 0) is 43.2 Å². The van der Waals surface area contributed by atoms with Gasteiger partial charge in [-0.25, -0.2) is 4.39 Å². The van der Waals surface area contributed by atoms with Crippen LogP contribution in [0.5, 0.6) is 0 Å². The summed E-state index contributed by atoms with van der Waals surface area (Å²) in [5, 5.41) is 13.8. The quantitative estimate of drug-likeness (QED) is 0.887. The molecule has 0 saturated heterocycles. The van der Waals surface area contributed by atoms with Crippen molar-refractivity contribution in [3.8, 4) is 0 Å². The SMILES string of the molecule is CC1CCC(O)(CNCc2cccc(F)c2Cl)CC1. The fourth-order valence-electron chi connectivity index (χ4n) is 2.59. The van der Waals surface area contributed by atoms with Gasteiger partial charge in [0.15, 0.2) is 0 Å². The standard InChI is InChI=1S/C15H21ClFNO/c1-11-5-7-15(19,8-6-11)10-18-9-12-3-2-4-13(17)14(12)16/h2-4,11,18-19H,5-10H2,1H3. The first-order valence-electron chi connectivity index (χ1n) is 6.86. The highest BCUT2D eigenvalue weighted by molar-refractivity contribution is 6.31. The Kier molecular flexibility index (Phi) is 4.82. The lowest BCUT2D eigenvalue weighted by Gasteiger charge is -2.35. The molecular formula is C15H21ClFNO. The van der Waals surface area contributed by atoms with Gasteiger partial charge in [0.05, 0.1) is 10.6 Å². The molecule has 0 bridgehead atoms. The molecule has 106 valence electrons. The van der Waals surface area contributed by atoms with Gasteiger partial charge in [0, 0.05) is 13.1 Å². The summed E-state index contributed by atoms with van der Waals surface area (Å²) >= 11 is 5.89. The second-order valence-corrected chi connectivity index (χ2v) is 6.10. The van der Waals surface area contributed by atoms with Crippen molar-refractivity contribution in [2.24, 2.45) is 5.92 Å². The maximum absolute atomic E-state index is 13.3. The summed E-state index contributed by atoms with van der Waals surface area (Å²) in [6, 6.07) is 4.79. The highest BCUT2D eigenvalue weighted by Crippen LogP contribution is 2.31. The van der Waals surface area contributed by atoms with Gasteiger partial charge >= 0.3 is 0 Å². The van der Waals surface area contributed by atoms with Gasteiger partial charge in [0.1, 0.15) is 5.82 Å². The molecule has 0 amide bonds. The lowest BCUT2D eigenvalue weighted by molar-refractivity contribution is -0.00630. The van der Waals surface area contributed by atoms with Crippen LogP contribution in [0.4, 0.5) is 4.39 Å². The molecule has 2 nitrogen and oxygen atoms in total. The summed E-state index contributed by atoms with van der Waals surface area (Å²) < 4.78 is 13.3. The van der Waals surface area contributed by atoms with E-state index in [-0.39, 0.29) is 5.02 Å². The average molecular weight is 286 g/mol. The molecule has 2 N–H and O–H groups in total. The number of halogens is 2. The number of benzene rings is 1. The van der Waals surface area contributed by atoms with Crippen LogP contribution < -0.4 is 5.32 Å². The molecule has 1 aliphatic rings. The first-order valence-corrected chi connectivity index (χ1v) is 7.24. The van der Waals surface area contributed by atoms with E-state index in [0.29, 0.717) is 19.0 Å². The third kappa shape index (κ3) is 3.91. The zero-order valence-electron chi connectivity index (χ0n) is 11.3. The normalized spacial score (nSPS) is 27.5. The fraction of sp³-hybridized carbons (Fsp3) is 0.600. The smallest absolute Gasteiger partial charge is 0.142 e. The van der Waals surface area contributed by atoms with Crippen molar-refractivity contribution in [2.45, 2.75) is 44.8 Å². The first kappa shape index (κ1) is 14.8.